The Morgan fingerprint density at radius 3 is 2.37 bits per heavy atom. The van der Waals surface area contributed by atoms with Crippen molar-refractivity contribution in [1.82, 2.24) is 0 Å². The van der Waals surface area contributed by atoms with Gasteiger partial charge >= 0.3 is 0 Å². The Balaban J connectivity index is 2.12. The maximum absolute atomic E-state index is 13.4. The summed E-state index contributed by atoms with van der Waals surface area (Å²) in [5.74, 6) is -0.806. The molecule has 0 fully saturated rings. The normalized spacial score (nSPS) is 12.2. The molecule has 100 valence electrons. The van der Waals surface area contributed by atoms with Gasteiger partial charge in [0.05, 0.1) is 11.7 Å². The van der Waals surface area contributed by atoms with Crippen LogP contribution in [0, 0.1) is 11.6 Å². The van der Waals surface area contributed by atoms with Crippen molar-refractivity contribution in [2.75, 3.05) is 0 Å². The van der Waals surface area contributed by atoms with Crippen LogP contribution in [0.25, 0.3) is 0 Å². The van der Waals surface area contributed by atoms with Crippen molar-refractivity contribution in [2.45, 2.75) is 19.6 Å². The molecule has 0 aliphatic rings. The Morgan fingerprint density at radius 2 is 1.74 bits per heavy atom. The van der Waals surface area contributed by atoms with Crippen LogP contribution in [0.15, 0.2) is 42.5 Å². The lowest BCUT2D eigenvalue weighted by Crippen LogP contribution is -2.02. The number of rotatable bonds is 4. The molecule has 2 rings (SSSR count). The minimum atomic E-state index is -0.633. The molecule has 0 saturated heterocycles. The van der Waals surface area contributed by atoms with Crippen molar-refractivity contribution in [3.63, 3.8) is 0 Å². The number of halogens is 2. The van der Waals surface area contributed by atoms with Crippen LogP contribution < -0.4 is 4.74 Å². The average Bonchev–Trinajstić information content (AvgIpc) is 2.38. The predicted octanol–water partition coefficient (Wildman–Crippen LogP) is 3.60. The van der Waals surface area contributed by atoms with Crippen molar-refractivity contribution in [2.24, 2.45) is 0 Å². The Hall–Kier alpha value is -1.94. The molecule has 0 saturated carbocycles. The van der Waals surface area contributed by atoms with Crippen LogP contribution in [0.1, 0.15) is 24.2 Å². The van der Waals surface area contributed by atoms with Crippen molar-refractivity contribution in [3.8, 4) is 5.75 Å². The number of benzene rings is 2. The van der Waals surface area contributed by atoms with Gasteiger partial charge in [-0.25, -0.2) is 8.78 Å². The highest BCUT2D eigenvalue weighted by Crippen LogP contribution is 2.21. The van der Waals surface area contributed by atoms with Gasteiger partial charge in [-0.3, -0.25) is 0 Å². The third-order valence-corrected chi connectivity index (χ3v) is 2.79. The van der Waals surface area contributed by atoms with Crippen LogP contribution in [-0.4, -0.2) is 5.11 Å². The van der Waals surface area contributed by atoms with E-state index >= 15 is 0 Å². The molecule has 0 heterocycles. The van der Waals surface area contributed by atoms with Crippen molar-refractivity contribution >= 4 is 0 Å². The second-order valence-corrected chi connectivity index (χ2v) is 4.24. The second-order valence-electron chi connectivity index (χ2n) is 4.24. The van der Waals surface area contributed by atoms with Gasteiger partial charge in [-0.05, 0) is 36.8 Å². The molecule has 1 atom stereocenters. The van der Waals surface area contributed by atoms with E-state index in [9.17, 15) is 13.9 Å². The number of aliphatic hydroxyl groups excluding tert-OH is 1. The summed E-state index contributed by atoms with van der Waals surface area (Å²) >= 11 is 0. The fraction of sp³-hybridized carbons (Fsp3) is 0.200. The van der Waals surface area contributed by atoms with Gasteiger partial charge in [0.25, 0.3) is 0 Å². The van der Waals surface area contributed by atoms with Gasteiger partial charge in [0, 0.05) is 0 Å². The maximum atomic E-state index is 13.4. The molecule has 0 amide bonds. The highest BCUT2D eigenvalue weighted by atomic mass is 19.1. The fourth-order valence-corrected chi connectivity index (χ4v) is 1.69. The molecule has 0 radical (unpaired) electrons. The Labute approximate surface area is 110 Å². The number of aliphatic hydroxyl groups is 1. The van der Waals surface area contributed by atoms with E-state index in [1.807, 2.05) is 0 Å². The molecule has 2 nitrogen and oxygen atoms in total. The minimum absolute atomic E-state index is 0.107. The summed E-state index contributed by atoms with van der Waals surface area (Å²) in [4.78, 5) is 0. The van der Waals surface area contributed by atoms with Crippen molar-refractivity contribution < 1.29 is 18.6 Å². The van der Waals surface area contributed by atoms with Gasteiger partial charge in [-0.2, -0.15) is 0 Å². The van der Waals surface area contributed by atoms with Crippen LogP contribution in [0.3, 0.4) is 0 Å². The topological polar surface area (TPSA) is 29.5 Å². The minimum Gasteiger partial charge on any atom is -0.489 e. The first kappa shape index (κ1) is 13.5. The summed E-state index contributed by atoms with van der Waals surface area (Å²) < 4.78 is 32.2. The number of hydrogen-bond acceptors (Lipinski definition) is 2. The summed E-state index contributed by atoms with van der Waals surface area (Å²) in [5, 5.41) is 9.45. The van der Waals surface area contributed by atoms with Gasteiger partial charge in [0.1, 0.15) is 24.0 Å². The second kappa shape index (κ2) is 5.80. The molecule has 0 spiro atoms. The van der Waals surface area contributed by atoms with E-state index in [1.165, 1.54) is 18.2 Å². The van der Waals surface area contributed by atoms with E-state index in [2.05, 4.69) is 0 Å². The monoisotopic (exact) mass is 264 g/mol. The fourth-order valence-electron chi connectivity index (χ4n) is 1.69. The van der Waals surface area contributed by atoms with Gasteiger partial charge in [0.2, 0.25) is 0 Å². The zero-order valence-corrected chi connectivity index (χ0v) is 10.4. The third kappa shape index (κ3) is 3.29. The SMILES string of the molecule is CC(O)c1cccc(OCc2c(F)cccc2F)c1. The molecule has 4 heteroatoms. The van der Waals surface area contributed by atoms with E-state index in [0.717, 1.165) is 0 Å². The van der Waals surface area contributed by atoms with Crippen LogP contribution in [0.5, 0.6) is 5.75 Å². The van der Waals surface area contributed by atoms with Crippen LogP contribution in [-0.2, 0) is 6.61 Å². The van der Waals surface area contributed by atoms with Crippen molar-refractivity contribution in [3.05, 3.63) is 65.2 Å². The van der Waals surface area contributed by atoms with E-state index < -0.39 is 17.7 Å². The van der Waals surface area contributed by atoms with Crippen LogP contribution in [0.2, 0.25) is 0 Å². The molecule has 1 N–H and O–H groups in total. The highest BCUT2D eigenvalue weighted by Gasteiger charge is 2.09. The van der Waals surface area contributed by atoms with E-state index in [-0.39, 0.29) is 12.2 Å². The lowest BCUT2D eigenvalue weighted by molar-refractivity contribution is 0.198. The predicted molar refractivity (Wildman–Crippen MR) is 67.8 cm³/mol. The Bertz CT molecular complexity index is 548. The smallest absolute Gasteiger partial charge is 0.132 e. The quantitative estimate of drug-likeness (QED) is 0.914. The molecule has 1 unspecified atom stereocenters. The standard InChI is InChI=1S/C15H14F2O2/c1-10(18)11-4-2-5-12(8-11)19-9-13-14(16)6-3-7-15(13)17/h2-8,10,18H,9H2,1H3. The summed E-state index contributed by atoms with van der Waals surface area (Å²) in [6.07, 6.45) is -0.617. The first-order valence-electron chi connectivity index (χ1n) is 5.91. The first-order chi connectivity index (χ1) is 9.08. The summed E-state index contributed by atoms with van der Waals surface area (Å²) in [5.41, 5.74) is 0.580. The Kier molecular flexibility index (Phi) is 4.12. The molecule has 0 aliphatic carbocycles. The molecular weight excluding hydrogens is 250 g/mol. The van der Waals surface area contributed by atoms with Crippen LogP contribution >= 0.6 is 0 Å². The highest BCUT2D eigenvalue weighted by molar-refractivity contribution is 5.30. The maximum Gasteiger partial charge on any atom is 0.132 e. The molecule has 0 aliphatic heterocycles. The molecule has 2 aromatic rings. The molecule has 0 aromatic heterocycles. The van der Waals surface area contributed by atoms with Crippen LogP contribution in [0.4, 0.5) is 8.78 Å². The van der Waals surface area contributed by atoms with E-state index in [0.29, 0.717) is 11.3 Å². The lowest BCUT2D eigenvalue weighted by Gasteiger charge is -2.10. The molecule has 2 aromatic carbocycles. The van der Waals surface area contributed by atoms with E-state index in [4.69, 9.17) is 4.74 Å². The van der Waals surface area contributed by atoms with E-state index in [1.54, 1.807) is 31.2 Å². The first-order valence-corrected chi connectivity index (χ1v) is 5.91. The molecule has 19 heavy (non-hydrogen) atoms. The zero-order valence-electron chi connectivity index (χ0n) is 10.4. The Morgan fingerprint density at radius 1 is 1.11 bits per heavy atom. The summed E-state index contributed by atoms with van der Waals surface area (Å²) in [6, 6.07) is 10.5. The van der Waals surface area contributed by atoms with Gasteiger partial charge in [-0.15, -0.1) is 0 Å². The van der Waals surface area contributed by atoms with Gasteiger partial charge < -0.3 is 9.84 Å². The van der Waals surface area contributed by atoms with Gasteiger partial charge in [-0.1, -0.05) is 18.2 Å². The number of hydrogen-bond donors (Lipinski definition) is 1. The van der Waals surface area contributed by atoms with Crippen molar-refractivity contribution in [1.29, 1.82) is 0 Å². The number of ether oxygens (including phenoxy) is 1. The third-order valence-electron chi connectivity index (χ3n) is 2.79. The summed E-state index contributed by atoms with van der Waals surface area (Å²) in [6.45, 7) is 1.44. The summed E-state index contributed by atoms with van der Waals surface area (Å²) in [7, 11) is 0. The lowest BCUT2D eigenvalue weighted by atomic mass is 10.1. The molecule has 0 bridgehead atoms. The largest absolute Gasteiger partial charge is 0.489 e. The van der Waals surface area contributed by atoms with Gasteiger partial charge in [0.15, 0.2) is 0 Å². The average molecular weight is 264 g/mol. The molecular formula is C15H14F2O2. The zero-order chi connectivity index (χ0) is 13.8.